The fourth-order valence-corrected chi connectivity index (χ4v) is 10.1. The van der Waals surface area contributed by atoms with Gasteiger partial charge < -0.3 is 35.0 Å². The number of anilines is 2. The van der Waals surface area contributed by atoms with Gasteiger partial charge in [-0.1, -0.05) is 6.07 Å². The Labute approximate surface area is 353 Å². The van der Waals surface area contributed by atoms with Crippen molar-refractivity contribution in [2.75, 3.05) is 43.1 Å². The second kappa shape index (κ2) is 16.2. The molecule has 20 heteroatoms. The van der Waals surface area contributed by atoms with Crippen LogP contribution in [0.25, 0.3) is 16.7 Å². The molecule has 0 spiro atoms. The average molecular weight is 858 g/mol. The number of rotatable bonds is 10. The third-order valence-corrected chi connectivity index (χ3v) is 13.5. The van der Waals surface area contributed by atoms with E-state index in [1.165, 1.54) is 26.0 Å². The SMILES string of the molecule is Cn1c(=O)n(C2CCC(O)NC2=O)c2cccc(C(=O)N3CCC(OC[C@H]4CC[C@H](n5cc(NC(=O)c6cnn7ccc(N8C[C@H]9C[C@@H]8CO9)nc67)c(C(F)F)n5)CC4)CC3)c21. The number of morpholine rings is 1. The maximum atomic E-state index is 14.3. The number of amides is 3. The first-order valence-corrected chi connectivity index (χ1v) is 21.5. The first-order chi connectivity index (χ1) is 30.0. The van der Waals surface area contributed by atoms with Crippen molar-refractivity contribution in [2.45, 2.75) is 101 Å². The Morgan fingerprint density at radius 2 is 1.84 bits per heavy atom. The van der Waals surface area contributed by atoms with Gasteiger partial charge >= 0.3 is 5.69 Å². The van der Waals surface area contributed by atoms with Gasteiger partial charge in [0.05, 0.1) is 59.4 Å². The number of imidazole rings is 1. The summed E-state index contributed by atoms with van der Waals surface area (Å²) >= 11 is 0. The third-order valence-electron chi connectivity index (χ3n) is 13.5. The number of ether oxygens (including phenoxy) is 2. The van der Waals surface area contributed by atoms with Gasteiger partial charge in [-0.2, -0.15) is 10.2 Å². The van der Waals surface area contributed by atoms with Crippen LogP contribution in [0, 0.1) is 5.92 Å². The number of carbonyl (C=O) groups excluding carboxylic acids is 3. The first kappa shape index (κ1) is 40.3. The number of carbonyl (C=O) groups is 3. The van der Waals surface area contributed by atoms with Crippen molar-refractivity contribution in [3.8, 4) is 0 Å². The molecular formula is C42H49F2N11O7. The number of para-hydroxylation sites is 1. The average Bonchev–Trinajstić information content (AvgIpc) is 4.13. The topological polar surface area (TPSA) is 195 Å². The highest BCUT2D eigenvalue weighted by atomic mass is 19.3. The summed E-state index contributed by atoms with van der Waals surface area (Å²) in [5.41, 5.74) is 0.923. The number of nitrogens with zero attached hydrogens (tertiary/aromatic N) is 9. The molecule has 8 heterocycles. The van der Waals surface area contributed by atoms with E-state index in [-0.39, 0.29) is 47.4 Å². The van der Waals surface area contributed by atoms with Gasteiger partial charge in [-0.05, 0) is 81.9 Å². The van der Waals surface area contributed by atoms with E-state index in [1.807, 2.05) is 6.07 Å². The highest BCUT2D eigenvalue weighted by molar-refractivity contribution is 6.08. The molecule has 1 aliphatic carbocycles. The monoisotopic (exact) mass is 857 g/mol. The number of piperidine rings is 2. The standard InChI is InChI=1S/C42H49F2N11O7/c1-50-36-28(3-2-4-31(36)55(42(50)60)32-9-10-34(56)48-40(32)58)41(59)51-14-11-26(12-15-51)61-21-23-5-7-24(8-6-23)54-20-30(35(49-54)37(43)44)46-39(57)29-18-45-53-16-13-33(47-38(29)53)52-19-27-17-25(52)22-62-27/h2-4,13,16,18,20,23-27,32,34,37,56H,5-12,14-15,17,19,21-22H2,1H3,(H,46,57)(H,48,58)/t23-,24-,25-,27-,32?,34?/m1/s1. The van der Waals surface area contributed by atoms with Crippen molar-refractivity contribution in [2.24, 2.45) is 13.0 Å². The summed E-state index contributed by atoms with van der Waals surface area (Å²) < 4.78 is 46.5. The van der Waals surface area contributed by atoms with Gasteiger partial charge in [0, 0.05) is 45.7 Å². The minimum absolute atomic E-state index is 0.0242. The zero-order valence-corrected chi connectivity index (χ0v) is 34.2. The number of hydrogen-bond acceptors (Lipinski definition) is 11. The molecule has 1 aromatic carbocycles. The normalized spacial score (nSPS) is 25.7. The van der Waals surface area contributed by atoms with Crippen LogP contribution in [0.5, 0.6) is 0 Å². The lowest BCUT2D eigenvalue weighted by Gasteiger charge is -2.34. The summed E-state index contributed by atoms with van der Waals surface area (Å²) in [7, 11) is 1.60. The summed E-state index contributed by atoms with van der Waals surface area (Å²) in [5, 5.41) is 23.5. The molecule has 4 atom stereocenters. The number of aliphatic hydroxyl groups excluding tert-OH is 1. The maximum absolute atomic E-state index is 14.3. The van der Waals surface area contributed by atoms with Crippen molar-refractivity contribution in [1.29, 1.82) is 0 Å². The van der Waals surface area contributed by atoms with Crippen LogP contribution in [0.4, 0.5) is 20.3 Å². The predicted octanol–water partition coefficient (Wildman–Crippen LogP) is 3.57. The van der Waals surface area contributed by atoms with E-state index in [9.17, 15) is 33.1 Å². The molecule has 4 aromatic heterocycles. The van der Waals surface area contributed by atoms with Crippen LogP contribution in [-0.2, 0) is 21.3 Å². The molecule has 4 saturated heterocycles. The summed E-state index contributed by atoms with van der Waals surface area (Å²) in [5.74, 6) is -0.225. The smallest absolute Gasteiger partial charge is 0.329 e. The lowest BCUT2D eigenvalue weighted by molar-refractivity contribution is -0.130. The van der Waals surface area contributed by atoms with Crippen LogP contribution < -0.4 is 21.2 Å². The van der Waals surface area contributed by atoms with Gasteiger partial charge in [0.1, 0.15) is 23.7 Å². The number of alkyl halides is 2. The molecule has 5 aliphatic rings. The van der Waals surface area contributed by atoms with Gasteiger partial charge in [-0.25, -0.2) is 23.1 Å². The fourth-order valence-electron chi connectivity index (χ4n) is 10.1. The number of hydrogen-bond donors (Lipinski definition) is 3. The highest BCUT2D eigenvalue weighted by Crippen LogP contribution is 2.36. The second-order valence-electron chi connectivity index (χ2n) is 17.3. The van der Waals surface area contributed by atoms with Crippen molar-refractivity contribution < 1.29 is 37.7 Å². The lowest BCUT2D eigenvalue weighted by Crippen LogP contribution is -2.46. The molecule has 3 N–H and O–H groups in total. The number of aryl methyl sites for hydroxylation is 1. The summed E-state index contributed by atoms with van der Waals surface area (Å²) in [4.78, 5) is 62.2. The molecule has 10 rings (SSSR count). The van der Waals surface area contributed by atoms with Crippen LogP contribution in [0.15, 0.2) is 47.7 Å². The first-order valence-electron chi connectivity index (χ1n) is 21.5. The number of likely N-dealkylation sites (tertiary alicyclic amines) is 1. The van der Waals surface area contributed by atoms with Crippen LogP contribution in [0.2, 0.25) is 0 Å². The second-order valence-corrected chi connectivity index (χ2v) is 17.3. The van der Waals surface area contributed by atoms with Gasteiger partial charge in [0.25, 0.3) is 18.2 Å². The Balaban J connectivity index is 0.725. The van der Waals surface area contributed by atoms with Crippen LogP contribution in [-0.4, -0.2) is 119 Å². The quantitative estimate of drug-likeness (QED) is 0.186. The zero-order chi connectivity index (χ0) is 42.8. The Bertz CT molecular complexity index is 2590. The van der Waals surface area contributed by atoms with E-state index in [1.54, 1.807) is 41.0 Å². The molecular weight excluding hydrogens is 809 g/mol. The van der Waals surface area contributed by atoms with Crippen molar-refractivity contribution in [1.82, 2.24) is 43.7 Å². The van der Waals surface area contributed by atoms with Crippen LogP contribution in [0.1, 0.15) is 103 Å². The summed E-state index contributed by atoms with van der Waals surface area (Å²) in [6.07, 6.45) is 6.86. The highest BCUT2D eigenvalue weighted by Gasteiger charge is 2.40. The molecule has 2 bridgehead atoms. The fraction of sp³-hybridized carbons (Fsp3) is 0.548. The molecule has 2 unspecified atom stereocenters. The molecule has 0 radical (unpaired) electrons. The molecule has 62 heavy (non-hydrogen) atoms. The third kappa shape index (κ3) is 7.30. The number of fused-ring (bicyclic) bond motifs is 4. The zero-order valence-electron chi connectivity index (χ0n) is 34.2. The lowest BCUT2D eigenvalue weighted by atomic mass is 9.86. The van der Waals surface area contributed by atoms with Crippen LogP contribution in [0.3, 0.4) is 0 Å². The maximum Gasteiger partial charge on any atom is 0.329 e. The minimum Gasteiger partial charge on any atom is -0.378 e. The van der Waals surface area contributed by atoms with E-state index >= 15 is 0 Å². The van der Waals surface area contributed by atoms with E-state index < -0.39 is 41.9 Å². The molecule has 5 fully saturated rings. The Morgan fingerprint density at radius 1 is 1.03 bits per heavy atom. The van der Waals surface area contributed by atoms with Crippen molar-refractivity contribution in [3.63, 3.8) is 0 Å². The number of benzene rings is 1. The number of aliphatic hydroxyl groups is 1. The minimum atomic E-state index is -2.89. The van der Waals surface area contributed by atoms with Crippen LogP contribution >= 0.6 is 0 Å². The van der Waals surface area contributed by atoms with Crippen molar-refractivity contribution >= 4 is 45.9 Å². The molecule has 4 aliphatic heterocycles. The molecule has 3 amide bonds. The Hall–Kier alpha value is -5.73. The molecule has 328 valence electrons. The molecule has 18 nitrogen and oxygen atoms in total. The number of aromatic nitrogens is 7. The summed E-state index contributed by atoms with van der Waals surface area (Å²) in [6, 6.07) is 6.34. The van der Waals surface area contributed by atoms with Gasteiger partial charge in [0.2, 0.25) is 5.91 Å². The predicted molar refractivity (Wildman–Crippen MR) is 219 cm³/mol. The van der Waals surface area contributed by atoms with E-state index in [0.29, 0.717) is 92.9 Å². The Kier molecular flexibility index (Phi) is 10.5. The van der Waals surface area contributed by atoms with E-state index in [2.05, 4.69) is 25.7 Å². The van der Waals surface area contributed by atoms with E-state index in [0.717, 1.165) is 25.8 Å². The molecule has 1 saturated carbocycles. The largest absolute Gasteiger partial charge is 0.378 e. The Morgan fingerprint density at radius 3 is 2.56 bits per heavy atom. The number of nitrogens with one attached hydrogen (secondary N) is 2. The van der Waals surface area contributed by atoms with Crippen molar-refractivity contribution in [3.05, 3.63) is 70.2 Å². The number of halogens is 2. The van der Waals surface area contributed by atoms with E-state index in [4.69, 9.17) is 14.5 Å². The van der Waals surface area contributed by atoms with Gasteiger partial charge in [-0.3, -0.25) is 28.2 Å². The van der Waals surface area contributed by atoms with Gasteiger partial charge in [0.15, 0.2) is 11.3 Å². The molecule has 5 aromatic rings. The van der Waals surface area contributed by atoms with Gasteiger partial charge in [-0.15, -0.1) is 0 Å². The summed E-state index contributed by atoms with van der Waals surface area (Å²) in [6.45, 7) is 2.88.